The van der Waals surface area contributed by atoms with E-state index in [-0.39, 0.29) is 11.8 Å². The third-order valence-corrected chi connectivity index (χ3v) is 2.39. The first-order chi connectivity index (χ1) is 7.31. The Balaban J connectivity index is 2.08. The zero-order chi connectivity index (χ0) is 10.7. The molecule has 15 heavy (non-hydrogen) atoms. The van der Waals surface area contributed by atoms with E-state index in [4.69, 9.17) is 9.26 Å². The van der Waals surface area contributed by atoms with Crippen molar-refractivity contribution in [2.24, 2.45) is 0 Å². The number of ether oxygens (including phenoxy) is 2. The minimum absolute atomic E-state index is 0.0843. The van der Waals surface area contributed by atoms with E-state index in [0.717, 1.165) is 12.8 Å². The number of methoxy groups -OCH3 is 1. The minimum Gasteiger partial charge on any atom is -0.462 e. The maximum atomic E-state index is 11.1. The smallest absolute Gasteiger partial charge is 0.397 e. The van der Waals surface area contributed by atoms with Gasteiger partial charge in [-0.25, -0.2) is 4.79 Å². The molecule has 1 fully saturated rings. The molecule has 1 saturated heterocycles. The normalized spacial score (nSPS) is 17.7. The molecule has 0 aliphatic carbocycles. The SMILES string of the molecule is COC(=O)c1nc(C2CCOCC2)no1. The molecule has 0 N–H and O–H groups in total. The monoisotopic (exact) mass is 212 g/mol. The van der Waals surface area contributed by atoms with Crippen LogP contribution in [0.5, 0.6) is 0 Å². The van der Waals surface area contributed by atoms with Gasteiger partial charge in [0.05, 0.1) is 7.11 Å². The van der Waals surface area contributed by atoms with E-state index in [2.05, 4.69) is 14.9 Å². The van der Waals surface area contributed by atoms with Gasteiger partial charge >= 0.3 is 11.9 Å². The van der Waals surface area contributed by atoms with Crippen molar-refractivity contribution < 1.29 is 18.8 Å². The number of esters is 1. The van der Waals surface area contributed by atoms with Crippen LogP contribution in [0.4, 0.5) is 0 Å². The molecule has 6 nitrogen and oxygen atoms in total. The summed E-state index contributed by atoms with van der Waals surface area (Å²) in [6, 6.07) is 0. The molecule has 6 heteroatoms. The standard InChI is InChI=1S/C9H12N2O4/c1-13-9(12)8-10-7(11-15-8)6-2-4-14-5-3-6/h6H,2-5H2,1H3. The molecule has 2 heterocycles. The highest BCUT2D eigenvalue weighted by atomic mass is 16.6. The third kappa shape index (κ3) is 2.15. The van der Waals surface area contributed by atoms with Crippen molar-refractivity contribution in [3.8, 4) is 0 Å². The summed E-state index contributed by atoms with van der Waals surface area (Å²) in [7, 11) is 1.28. The zero-order valence-corrected chi connectivity index (χ0v) is 8.43. The van der Waals surface area contributed by atoms with Gasteiger partial charge in [0.25, 0.3) is 0 Å². The van der Waals surface area contributed by atoms with Crippen LogP contribution in [0.2, 0.25) is 0 Å². The predicted molar refractivity (Wildman–Crippen MR) is 48.4 cm³/mol. The third-order valence-electron chi connectivity index (χ3n) is 2.39. The van der Waals surface area contributed by atoms with Crippen LogP contribution in [0.3, 0.4) is 0 Å². The van der Waals surface area contributed by atoms with Gasteiger partial charge in [-0.1, -0.05) is 5.16 Å². The second-order valence-corrected chi connectivity index (χ2v) is 3.34. The summed E-state index contributed by atoms with van der Waals surface area (Å²) in [6.45, 7) is 1.40. The Labute approximate surface area is 86.6 Å². The Morgan fingerprint density at radius 3 is 2.87 bits per heavy atom. The van der Waals surface area contributed by atoms with E-state index in [9.17, 15) is 4.79 Å². The Kier molecular flexibility index (Phi) is 2.96. The number of hydrogen-bond acceptors (Lipinski definition) is 6. The fraction of sp³-hybridized carbons (Fsp3) is 0.667. The van der Waals surface area contributed by atoms with Crippen LogP contribution < -0.4 is 0 Å². The van der Waals surface area contributed by atoms with Crippen molar-refractivity contribution in [1.29, 1.82) is 0 Å². The molecule has 0 bridgehead atoms. The van der Waals surface area contributed by atoms with E-state index in [1.54, 1.807) is 0 Å². The lowest BCUT2D eigenvalue weighted by Gasteiger charge is -2.18. The molecular weight excluding hydrogens is 200 g/mol. The summed E-state index contributed by atoms with van der Waals surface area (Å²) in [5.74, 6) is 0.111. The van der Waals surface area contributed by atoms with Crippen molar-refractivity contribution in [1.82, 2.24) is 10.1 Å². The largest absolute Gasteiger partial charge is 0.462 e. The average molecular weight is 212 g/mol. The molecule has 82 valence electrons. The van der Waals surface area contributed by atoms with E-state index in [0.29, 0.717) is 19.0 Å². The molecule has 0 aromatic carbocycles. The highest BCUT2D eigenvalue weighted by Crippen LogP contribution is 2.24. The summed E-state index contributed by atoms with van der Waals surface area (Å²) in [5.41, 5.74) is 0. The van der Waals surface area contributed by atoms with Crippen molar-refractivity contribution in [3.63, 3.8) is 0 Å². The first-order valence-electron chi connectivity index (χ1n) is 4.81. The molecule has 0 spiro atoms. The zero-order valence-electron chi connectivity index (χ0n) is 8.43. The molecule has 0 radical (unpaired) electrons. The van der Waals surface area contributed by atoms with Gasteiger partial charge in [0.15, 0.2) is 5.82 Å². The number of rotatable bonds is 2. The van der Waals surface area contributed by atoms with Gasteiger partial charge in [-0.05, 0) is 12.8 Å². The van der Waals surface area contributed by atoms with Crippen LogP contribution in [0.1, 0.15) is 35.3 Å². The van der Waals surface area contributed by atoms with Gasteiger partial charge in [0.2, 0.25) is 0 Å². The van der Waals surface area contributed by atoms with Crippen LogP contribution >= 0.6 is 0 Å². The van der Waals surface area contributed by atoms with Gasteiger partial charge in [-0.15, -0.1) is 0 Å². The highest BCUT2D eigenvalue weighted by Gasteiger charge is 2.23. The summed E-state index contributed by atoms with van der Waals surface area (Å²) in [5, 5.41) is 3.77. The van der Waals surface area contributed by atoms with Gasteiger partial charge in [0, 0.05) is 19.1 Å². The number of hydrogen-bond donors (Lipinski definition) is 0. The molecule has 1 aromatic rings. The first-order valence-corrected chi connectivity index (χ1v) is 4.81. The summed E-state index contributed by atoms with van der Waals surface area (Å²) >= 11 is 0. The van der Waals surface area contributed by atoms with E-state index in [1.165, 1.54) is 7.11 Å². The summed E-state index contributed by atoms with van der Waals surface area (Å²) in [6.07, 6.45) is 1.72. The molecule has 1 aliphatic heterocycles. The number of carbonyl (C=O) groups excluding carboxylic acids is 1. The second kappa shape index (κ2) is 4.39. The number of carbonyl (C=O) groups is 1. The van der Waals surface area contributed by atoms with E-state index < -0.39 is 5.97 Å². The maximum absolute atomic E-state index is 11.1. The maximum Gasteiger partial charge on any atom is 0.397 e. The van der Waals surface area contributed by atoms with Crippen molar-refractivity contribution in [2.45, 2.75) is 18.8 Å². The molecule has 0 amide bonds. The Bertz CT molecular complexity index is 344. The lowest BCUT2D eigenvalue weighted by molar-refractivity contribution is 0.0545. The van der Waals surface area contributed by atoms with Crippen LogP contribution in [0.25, 0.3) is 0 Å². The summed E-state index contributed by atoms with van der Waals surface area (Å²) < 4.78 is 14.5. The number of aromatic nitrogens is 2. The lowest BCUT2D eigenvalue weighted by atomic mass is 10.00. The van der Waals surface area contributed by atoms with Gasteiger partial charge < -0.3 is 14.0 Å². The minimum atomic E-state index is -0.596. The molecule has 2 rings (SSSR count). The van der Waals surface area contributed by atoms with E-state index >= 15 is 0 Å². The molecular formula is C9H12N2O4. The van der Waals surface area contributed by atoms with E-state index in [1.807, 2.05) is 0 Å². The summed E-state index contributed by atoms with van der Waals surface area (Å²) in [4.78, 5) is 15.1. The topological polar surface area (TPSA) is 74.5 Å². The highest BCUT2D eigenvalue weighted by molar-refractivity contribution is 5.83. The molecule has 0 atom stereocenters. The van der Waals surface area contributed by atoms with Gasteiger partial charge in [0.1, 0.15) is 0 Å². The van der Waals surface area contributed by atoms with Crippen molar-refractivity contribution in [2.75, 3.05) is 20.3 Å². The lowest BCUT2D eigenvalue weighted by Crippen LogP contribution is -2.15. The Morgan fingerprint density at radius 1 is 1.47 bits per heavy atom. The average Bonchev–Trinajstić information content (AvgIpc) is 2.78. The number of nitrogens with zero attached hydrogens (tertiary/aromatic N) is 2. The quantitative estimate of drug-likeness (QED) is 0.673. The fourth-order valence-corrected chi connectivity index (χ4v) is 1.53. The van der Waals surface area contributed by atoms with Crippen LogP contribution in [0, 0.1) is 0 Å². The molecule has 1 aliphatic rings. The van der Waals surface area contributed by atoms with Crippen molar-refractivity contribution in [3.05, 3.63) is 11.7 Å². The Hall–Kier alpha value is -1.43. The second-order valence-electron chi connectivity index (χ2n) is 3.34. The van der Waals surface area contributed by atoms with Crippen molar-refractivity contribution >= 4 is 5.97 Å². The van der Waals surface area contributed by atoms with Crippen LogP contribution in [-0.2, 0) is 9.47 Å². The first kappa shape index (κ1) is 10.1. The van der Waals surface area contributed by atoms with Crippen LogP contribution in [0.15, 0.2) is 4.52 Å². The van der Waals surface area contributed by atoms with Gasteiger partial charge in [-0.3, -0.25) is 0 Å². The van der Waals surface area contributed by atoms with Crippen LogP contribution in [-0.4, -0.2) is 36.4 Å². The Morgan fingerprint density at radius 2 is 2.20 bits per heavy atom. The fourth-order valence-electron chi connectivity index (χ4n) is 1.53. The molecule has 1 aromatic heterocycles. The van der Waals surface area contributed by atoms with Gasteiger partial charge in [-0.2, -0.15) is 4.98 Å². The molecule has 0 unspecified atom stereocenters. The predicted octanol–water partition coefficient (Wildman–Crippen LogP) is 0.750. The molecule has 0 saturated carbocycles.